The minimum Gasteiger partial charge on any atom is -0.495 e. The molecule has 0 aliphatic heterocycles. The Kier molecular flexibility index (Phi) is 3.11. The first-order valence-corrected chi connectivity index (χ1v) is 5.11. The van der Waals surface area contributed by atoms with Crippen LogP contribution in [-0.4, -0.2) is 7.11 Å². The lowest BCUT2D eigenvalue weighted by Gasteiger charge is -2.09. The molecule has 0 atom stereocenters. The Bertz CT molecular complexity index is 511. The third-order valence-corrected chi connectivity index (χ3v) is 2.65. The minimum absolute atomic E-state index is 0.0976. The molecule has 2 aromatic rings. The highest BCUT2D eigenvalue weighted by atomic mass is 35.5. The van der Waals surface area contributed by atoms with Crippen molar-refractivity contribution in [2.75, 3.05) is 7.11 Å². The van der Waals surface area contributed by atoms with Gasteiger partial charge in [-0.1, -0.05) is 41.9 Å². The topological polar surface area (TPSA) is 9.23 Å². The van der Waals surface area contributed by atoms with Crippen molar-refractivity contribution in [1.82, 2.24) is 0 Å². The van der Waals surface area contributed by atoms with Crippen molar-refractivity contribution >= 4 is 11.6 Å². The summed E-state index contributed by atoms with van der Waals surface area (Å²) in [5.74, 6) is 0.111. The normalized spacial score (nSPS) is 10.2. The summed E-state index contributed by atoms with van der Waals surface area (Å²) in [6, 6.07) is 13.0. The smallest absolute Gasteiger partial charge is 0.142 e. The molecular formula is C13H9ClFO. The van der Waals surface area contributed by atoms with Crippen molar-refractivity contribution in [2.24, 2.45) is 0 Å². The van der Waals surface area contributed by atoms with E-state index in [0.717, 1.165) is 5.56 Å². The lowest BCUT2D eigenvalue weighted by molar-refractivity contribution is 0.415. The van der Waals surface area contributed by atoms with E-state index in [1.54, 1.807) is 31.4 Å². The van der Waals surface area contributed by atoms with Crippen LogP contribution in [0.5, 0.6) is 5.75 Å². The van der Waals surface area contributed by atoms with Crippen LogP contribution in [0.1, 0.15) is 0 Å². The van der Waals surface area contributed by atoms with Crippen LogP contribution in [-0.2, 0) is 0 Å². The van der Waals surface area contributed by atoms with Crippen LogP contribution in [0, 0.1) is 11.9 Å². The van der Waals surface area contributed by atoms with Crippen LogP contribution in [0.25, 0.3) is 11.1 Å². The fraction of sp³-hybridized carbons (Fsp3) is 0.0769. The Morgan fingerprint density at radius 3 is 2.69 bits per heavy atom. The maximum absolute atomic E-state index is 13.3. The van der Waals surface area contributed by atoms with E-state index in [1.165, 1.54) is 6.07 Å². The summed E-state index contributed by atoms with van der Waals surface area (Å²) in [5.41, 5.74) is 1.34. The summed E-state index contributed by atoms with van der Waals surface area (Å²) in [4.78, 5) is 0. The van der Waals surface area contributed by atoms with Crippen LogP contribution in [0.4, 0.5) is 4.39 Å². The molecule has 0 heterocycles. The van der Waals surface area contributed by atoms with Gasteiger partial charge in [0.1, 0.15) is 11.6 Å². The Balaban J connectivity index is 2.63. The van der Waals surface area contributed by atoms with E-state index in [1.807, 2.05) is 6.07 Å². The standard InChI is InChI=1S/C13H9ClFO/c1-16-12-8-3-2-5-9(12)10-6-4-7-11(15)13(10)14/h2-7H,1H3. The predicted octanol–water partition coefficient (Wildman–Crippen LogP) is 3.95. The van der Waals surface area contributed by atoms with Crippen molar-refractivity contribution in [1.29, 1.82) is 0 Å². The number of benzene rings is 2. The van der Waals surface area contributed by atoms with E-state index >= 15 is 0 Å². The van der Waals surface area contributed by atoms with Crippen LogP contribution < -0.4 is 4.74 Å². The number of rotatable bonds is 2. The zero-order valence-electron chi connectivity index (χ0n) is 8.63. The van der Waals surface area contributed by atoms with Gasteiger partial charge in [-0.2, -0.15) is 0 Å². The van der Waals surface area contributed by atoms with E-state index in [4.69, 9.17) is 16.3 Å². The van der Waals surface area contributed by atoms with Crippen LogP contribution in [0.15, 0.2) is 36.4 Å². The molecule has 0 amide bonds. The third-order valence-electron chi connectivity index (χ3n) is 2.26. The van der Waals surface area contributed by atoms with E-state index < -0.39 is 5.82 Å². The molecule has 0 aliphatic rings. The van der Waals surface area contributed by atoms with Crippen molar-refractivity contribution in [3.8, 4) is 16.9 Å². The highest BCUT2D eigenvalue weighted by molar-refractivity contribution is 6.33. The zero-order valence-corrected chi connectivity index (χ0v) is 9.38. The van der Waals surface area contributed by atoms with E-state index in [-0.39, 0.29) is 5.02 Å². The summed E-state index contributed by atoms with van der Waals surface area (Å²) >= 11 is 5.91. The third kappa shape index (κ3) is 1.89. The number of hydrogen-bond donors (Lipinski definition) is 0. The molecule has 0 saturated carbocycles. The van der Waals surface area contributed by atoms with E-state index in [0.29, 0.717) is 11.3 Å². The van der Waals surface area contributed by atoms with Crippen molar-refractivity contribution in [3.63, 3.8) is 0 Å². The fourth-order valence-corrected chi connectivity index (χ4v) is 1.74. The molecule has 3 heteroatoms. The average molecular weight is 236 g/mol. The molecule has 0 unspecified atom stereocenters. The Hall–Kier alpha value is -1.54. The monoisotopic (exact) mass is 235 g/mol. The Morgan fingerprint density at radius 1 is 1.19 bits per heavy atom. The number of methoxy groups -OCH3 is 1. The van der Waals surface area contributed by atoms with Gasteiger partial charge in [0.15, 0.2) is 0 Å². The summed E-state index contributed by atoms with van der Waals surface area (Å²) < 4.78 is 18.5. The maximum atomic E-state index is 13.3. The SMILES string of the molecule is COc1[c]cccc1-c1cccc(F)c1Cl. The van der Waals surface area contributed by atoms with Crippen molar-refractivity contribution in [3.05, 3.63) is 53.3 Å². The Labute approximate surface area is 98.4 Å². The van der Waals surface area contributed by atoms with Crippen LogP contribution >= 0.6 is 11.6 Å². The highest BCUT2D eigenvalue weighted by Gasteiger charge is 2.11. The molecule has 2 aromatic carbocycles. The van der Waals surface area contributed by atoms with Crippen molar-refractivity contribution in [2.45, 2.75) is 0 Å². The highest BCUT2D eigenvalue weighted by Crippen LogP contribution is 2.35. The zero-order chi connectivity index (χ0) is 11.5. The van der Waals surface area contributed by atoms with Gasteiger partial charge in [-0.05, 0) is 6.07 Å². The van der Waals surface area contributed by atoms with E-state index in [9.17, 15) is 4.39 Å². The molecule has 16 heavy (non-hydrogen) atoms. The number of halogens is 2. The first-order valence-electron chi connectivity index (χ1n) is 4.73. The first-order chi connectivity index (χ1) is 7.74. The number of hydrogen-bond acceptors (Lipinski definition) is 1. The second-order valence-electron chi connectivity index (χ2n) is 3.22. The molecule has 0 aliphatic carbocycles. The number of para-hydroxylation sites is 1. The van der Waals surface area contributed by atoms with E-state index in [2.05, 4.69) is 6.07 Å². The van der Waals surface area contributed by atoms with Gasteiger partial charge in [0, 0.05) is 17.2 Å². The summed E-state index contributed by atoms with van der Waals surface area (Å²) in [6.45, 7) is 0. The molecule has 0 aromatic heterocycles. The van der Waals surface area contributed by atoms with Gasteiger partial charge < -0.3 is 4.74 Å². The lowest BCUT2D eigenvalue weighted by atomic mass is 10.0. The minimum atomic E-state index is -0.440. The van der Waals surface area contributed by atoms with Gasteiger partial charge in [0.25, 0.3) is 0 Å². The summed E-state index contributed by atoms with van der Waals surface area (Å²) in [7, 11) is 1.54. The number of ether oxygens (including phenoxy) is 1. The maximum Gasteiger partial charge on any atom is 0.142 e. The van der Waals surface area contributed by atoms with Crippen LogP contribution in [0.3, 0.4) is 0 Å². The molecule has 0 N–H and O–H groups in total. The predicted molar refractivity (Wildman–Crippen MR) is 62.2 cm³/mol. The largest absolute Gasteiger partial charge is 0.495 e. The molecule has 1 nitrogen and oxygen atoms in total. The molecule has 0 bridgehead atoms. The second-order valence-corrected chi connectivity index (χ2v) is 3.60. The molecule has 81 valence electrons. The van der Waals surface area contributed by atoms with Gasteiger partial charge >= 0.3 is 0 Å². The van der Waals surface area contributed by atoms with Crippen LogP contribution in [0.2, 0.25) is 5.02 Å². The average Bonchev–Trinajstić information content (AvgIpc) is 2.33. The Morgan fingerprint density at radius 2 is 1.94 bits per heavy atom. The van der Waals surface area contributed by atoms with Gasteiger partial charge in [0.05, 0.1) is 12.1 Å². The summed E-state index contributed by atoms with van der Waals surface area (Å²) in [6.07, 6.45) is 0. The fourth-order valence-electron chi connectivity index (χ4n) is 1.51. The van der Waals surface area contributed by atoms with Gasteiger partial charge in [-0.15, -0.1) is 0 Å². The summed E-state index contributed by atoms with van der Waals surface area (Å²) in [5, 5.41) is 0.0976. The van der Waals surface area contributed by atoms with Gasteiger partial charge in [0.2, 0.25) is 0 Å². The molecule has 0 fully saturated rings. The van der Waals surface area contributed by atoms with Gasteiger partial charge in [-0.3, -0.25) is 0 Å². The quantitative estimate of drug-likeness (QED) is 0.766. The molecule has 1 radical (unpaired) electrons. The van der Waals surface area contributed by atoms with Crippen molar-refractivity contribution < 1.29 is 9.13 Å². The molecular weight excluding hydrogens is 227 g/mol. The molecule has 0 spiro atoms. The molecule has 0 saturated heterocycles. The van der Waals surface area contributed by atoms with Gasteiger partial charge in [-0.25, -0.2) is 4.39 Å². The second kappa shape index (κ2) is 4.54. The first kappa shape index (κ1) is 11.0. The lowest BCUT2D eigenvalue weighted by Crippen LogP contribution is -1.89. The molecule has 2 rings (SSSR count).